The fourth-order valence-corrected chi connectivity index (χ4v) is 2.96. The van der Waals surface area contributed by atoms with Crippen molar-refractivity contribution in [3.63, 3.8) is 0 Å². The Labute approximate surface area is 149 Å². The number of hydrogen-bond acceptors (Lipinski definition) is 4. The van der Waals surface area contributed by atoms with Gasteiger partial charge in [0.05, 0.1) is 20.3 Å². The zero-order valence-electron chi connectivity index (χ0n) is 14.7. The lowest BCUT2D eigenvalue weighted by atomic mass is 10.1. The van der Waals surface area contributed by atoms with Crippen LogP contribution < -0.4 is 14.8 Å². The highest BCUT2D eigenvalue weighted by molar-refractivity contribution is 5.90. The molecule has 1 saturated heterocycles. The van der Waals surface area contributed by atoms with Gasteiger partial charge in [-0.2, -0.15) is 13.2 Å². The number of rotatable bonds is 5. The second-order valence-corrected chi connectivity index (χ2v) is 6.00. The quantitative estimate of drug-likeness (QED) is 0.860. The van der Waals surface area contributed by atoms with E-state index in [0.29, 0.717) is 28.4 Å². The molecule has 9 heteroatoms. The fraction of sp³-hybridized carbons (Fsp3) is 0.529. The van der Waals surface area contributed by atoms with Gasteiger partial charge in [-0.05, 0) is 37.5 Å². The molecule has 1 fully saturated rings. The van der Waals surface area contributed by atoms with Crippen LogP contribution in [0, 0.1) is 0 Å². The van der Waals surface area contributed by atoms with Crippen LogP contribution in [0.15, 0.2) is 18.2 Å². The van der Waals surface area contributed by atoms with Crippen molar-refractivity contribution in [1.29, 1.82) is 0 Å². The summed E-state index contributed by atoms with van der Waals surface area (Å²) in [7, 11) is 2.97. The van der Waals surface area contributed by atoms with Gasteiger partial charge in [0.1, 0.15) is 6.04 Å². The van der Waals surface area contributed by atoms with E-state index in [1.165, 1.54) is 14.2 Å². The van der Waals surface area contributed by atoms with Crippen LogP contribution in [0.5, 0.6) is 11.5 Å². The molecule has 6 nitrogen and oxygen atoms in total. The molecule has 0 aliphatic carbocycles. The van der Waals surface area contributed by atoms with Gasteiger partial charge < -0.3 is 19.7 Å². The Morgan fingerprint density at radius 2 is 1.88 bits per heavy atom. The molecule has 1 aromatic rings. The predicted octanol–water partition coefficient (Wildman–Crippen LogP) is 2.43. The van der Waals surface area contributed by atoms with Gasteiger partial charge in [-0.3, -0.25) is 9.59 Å². The maximum atomic E-state index is 12.7. The molecule has 26 heavy (non-hydrogen) atoms. The van der Waals surface area contributed by atoms with E-state index in [1.54, 1.807) is 25.1 Å². The van der Waals surface area contributed by atoms with Crippen molar-refractivity contribution in [1.82, 2.24) is 10.2 Å². The number of hydrogen-bond donors (Lipinski definition) is 1. The number of halogens is 3. The number of carbonyl (C=O) groups is 2. The number of methoxy groups -OCH3 is 2. The molecule has 2 amide bonds. The van der Waals surface area contributed by atoms with Crippen molar-refractivity contribution in [3.8, 4) is 11.5 Å². The summed E-state index contributed by atoms with van der Waals surface area (Å²) in [6.45, 7) is 1.62. The topological polar surface area (TPSA) is 67.9 Å². The summed E-state index contributed by atoms with van der Waals surface area (Å²) >= 11 is 0. The minimum atomic E-state index is -4.99. The molecule has 1 N–H and O–H groups in total. The smallest absolute Gasteiger partial charge is 0.471 e. The number of carbonyl (C=O) groups excluding carboxylic acids is 2. The number of alkyl halides is 3. The van der Waals surface area contributed by atoms with Crippen molar-refractivity contribution < 1.29 is 32.2 Å². The standard InChI is InChI=1S/C17H21F3N2O4/c1-10(11-6-7-13(25-2)14(9-11)26-3)21-15(23)12-5-4-8-22(12)16(24)17(18,19)20/h6-7,9-10,12H,4-5,8H2,1-3H3,(H,21,23). The third-order valence-corrected chi connectivity index (χ3v) is 4.33. The Bertz CT molecular complexity index is 678. The molecule has 0 bridgehead atoms. The van der Waals surface area contributed by atoms with E-state index < -0.39 is 30.1 Å². The van der Waals surface area contributed by atoms with Gasteiger partial charge in [0.15, 0.2) is 11.5 Å². The minimum Gasteiger partial charge on any atom is -0.493 e. The van der Waals surface area contributed by atoms with Gasteiger partial charge in [0, 0.05) is 6.54 Å². The minimum absolute atomic E-state index is 0.0822. The molecule has 1 heterocycles. The first-order valence-corrected chi connectivity index (χ1v) is 8.09. The molecule has 1 aliphatic rings. The van der Waals surface area contributed by atoms with E-state index in [2.05, 4.69) is 5.32 Å². The summed E-state index contributed by atoms with van der Waals surface area (Å²) in [6.07, 6.45) is -4.44. The molecule has 0 aromatic heterocycles. The molecule has 0 radical (unpaired) electrons. The van der Waals surface area contributed by atoms with E-state index in [9.17, 15) is 22.8 Å². The summed E-state index contributed by atoms with van der Waals surface area (Å²) in [6, 6.07) is 3.47. The molecule has 1 aliphatic heterocycles. The summed E-state index contributed by atoms with van der Waals surface area (Å²) in [5.74, 6) is -1.59. The third kappa shape index (κ3) is 4.20. The van der Waals surface area contributed by atoms with Crippen molar-refractivity contribution in [2.24, 2.45) is 0 Å². The molecule has 2 atom stereocenters. The van der Waals surface area contributed by atoms with Gasteiger partial charge in [-0.15, -0.1) is 0 Å². The van der Waals surface area contributed by atoms with Gasteiger partial charge in [-0.1, -0.05) is 6.07 Å². The lowest BCUT2D eigenvalue weighted by Gasteiger charge is -2.26. The van der Waals surface area contributed by atoms with E-state index in [-0.39, 0.29) is 13.0 Å². The monoisotopic (exact) mass is 374 g/mol. The predicted molar refractivity (Wildman–Crippen MR) is 86.9 cm³/mol. The molecule has 2 unspecified atom stereocenters. The number of likely N-dealkylation sites (tertiary alicyclic amines) is 1. The molecular weight excluding hydrogens is 353 g/mol. The molecule has 0 spiro atoms. The average Bonchev–Trinajstić information content (AvgIpc) is 3.09. The third-order valence-electron chi connectivity index (χ3n) is 4.33. The van der Waals surface area contributed by atoms with Crippen LogP contribution in [0.2, 0.25) is 0 Å². The van der Waals surface area contributed by atoms with Gasteiger partial charge >= 0.3 is 12.1 Å². The molecule has 2 rings (SSSR count). The number of amides is 2. The Kier molecular flexibility index (Phi) is 5.99. The first-order valence-electron chi connectivity index (χ1n) is 8.09. The molecular formula is C17H21F3N2O4. The summed E-state index contributed by atoms with van der Waals surface area (Å²) < 4.78 is 48.4. The largest absolute Gasteiger partial charge is 0.493 e. The van der Waals surface area contributed by atoms with Crippen LogP contribution in [-0.4, -0.2) is 49.7 Å². The lowest BCUT2D eigenvalue weighted by molar-refractivity contribution is -0.186. The SMILES string of the molecule is COc1ccc(C(C)NC(=O)C2CCCN2C(=O)C(F)(F)F)cc1OC. The fourth-order valence-electron chi connectivity index (χ4n) is 2.96. The normalized spacial score (nSPS) is 18.4. The highest BCUT2D eigenvalue weighted by atomic mass is 19.4. The van der Waals surface area contributed by atoms with E-state index in [0.717, 1.165) is 0 Å². The van der Waals surface area contributed by atoms with Gasteiger partial charge in [-0.25, -0.2) is 0 Å². The number of benzene rings is 1. The second-order valence-electron chi connectivity index (χ2n) is 6.00. The first kappa shape index (κ1) is 19.9. The van der Waals surface area contributed by atoms with Crippen LogP contribution >= 0.6 is 0 Å². The van der Waals surface area contributed by atoms with Crippen LogP contribution in [-0.2, 0) is 9.59 Å². The van der Waals surface area contributed by atoms with Crippen LogP contribution in [0.3, 0.4) is 0 Å². The van der Waals surface area contributed by atoms with E-state index >= 15 is 0 Å². The van der Waals surface area contributed by atoms with Gasteiger partial charge in [0.2, 0.25) is 5.91 Å². The van der Waals surface area contributed by atoms with E-state index in [1.807, 2.05) is 0 Å². The lowest BCUT2D eigenvalue weighted by Crippen LogP contribution is -2.50. The van der Waals surface area contributed by atoms with Crippen molar-refractivity contribution >= 4 is 11.8 Å². The number of ether oxygens (including phenoxy) is 2. The number of nitrogens with one attached hydrogen (secondary N) is 1. The zero-order chi connectivity index (χ0) is 19.5. The zero-order valence-corrected chi connectivity index (χ0v) is 14.7. The van der Waals surface area contributed by atoms with Crippen molar-refractivity contribution in [2.45, 2.75) is 38.0 Å². The number of nitrogens with zero attached hydrogens (tertiary/aromatic N) is 1. The Hall–Kier alpha value is -2.45. The maximum absolute atomic E-state index is 12.7. The van der Waals surface area contributed by atoms with Crippen LogP contribution in [0.1, 0.15) is 31.4 Å². The van der Waals surface area contributed by atoms with Crippen molar-refractivity contribution in [2.75, 3.05) is 20.8 Å². The summed E-state index contributed by atoms with van der Waals surface area (Å²) in [4.78, 5) is 24.5. The summed E-state index contributed by atoms with van der Waals surface area (Å²) in [5, 5.41) is 2.67. The summed E-state index contributed by atoms with van der Waals surface area (Å²) in [5.41, 5.74) is 0.697. The highest BCUT2D eigenvalue weighted by Crippen LogP contribution is 2.30. The maximum Gasteiger partial charge on any atom is 0.471 e. The Morgan fingerprint density at radius 1 is 1.23 bits per heavy atom. The van der Waals surface area contributed by atoms with Crippen molar-refractivity contribution in [3.05, 3.63) is 23.8 Å². The second kappa shape index (κ2) is 7.84. The van der Waals surface area contributed by atoms with Gasteiger partial charge in [0.25, 0.3) is 0 Å². The van der Waals surface area contributed by atoms with E-state index in [4.69, 9.17) is 9.47 Å². The van der Waals surface area contributed by atoms with Crippen LogP contribution in [0.4, 0.5) is 13.2 Å². The molecule has 144 valence electrons. The Morgan fingerprint density at radius 3 is 2.46 bits per heavy atom. The molecule has 1 aromatic carbocycles. The average molecular weight is 374 g/mol. The first-order chi connectivity index (χ1) is 12.2. The highest BCUT2D eigenvalue weighted by Gasteiger charge is 2.47. The molecule has 0 saturated carbocycles. The van der Waals surface area contributed by atoms with Crippen LogP contribution in [0.25, 0.3) is 0 Å². The Balaban J connectivity index is 2.10.